The predicted molar refractivity (Wildman–Crippen MR) is 90.1 cm³/mol. The van der Waals surface area contributed by atoms with Crippen LogP contribution in [0.3, 0.4) is 0 Å². The highest BCUT2D eigenvalue weighted by Crippen LogP contribution is 2.24. The molecule has 0 fully saturated rings. The van der Waals surface area contributed by atoms with Gasteiger partial charge in [0.2, 0.25) is 0 Å². The Labute approximate surface area is 143 Å². The second-order valence-electron chi connectivity index (χ2n) is 5.23. The summed E-state index contributed by atoms with van der Waals surface area (Å²) in [5, 5.41) is 17.4. The number of carbonyl (C=O) groups excluding carboxylic acids is 1. The van der Waals surface area contributed by atoms with Gasteiger partial charge in [-0.2, -0.15) is 0 Å². The van der Waals surface area contributed by atoms with E-state index in [0.29, 0.717) is 16.5 Å². The number of nitrogens with one attached hydrogen (secondary N) is 2. The SMILES string of the molecule is CC(NC(=O)Nc1ccc(Cl)cc1-n1cccc1)c1nnnn1C. The standard InChI is InChI=1S/C15H16ClN7O/c1-10(14-19-20-21-22(14)2)17-15(24)18-12-6-5-11(16)9-13(12)23-7-3-4-8-23/h3-10H,1-2H3,(H2,17,18,24). The van der Waals surface area contributed by atoms with E-state index < -0.39 is 0 Å². The molecule has 2 aromatic heterocycles. The van der Waals surface area contributed by atoms with Gasteiger partial charge in [-0.1, -0.05) is 11.6 Å². The van der Waals surface area contributed by atoms with Crippen molar-refractivity contribution in [2.24, 2.45) is 7.05 Å². The van der Waals surface area contributed by atoms with Gasteiger partial charge in [-0.25, -0.2) is 9.48 Å². The van der Waals surface area contributed by atoms with Crippen LogP contribution in [0, 0.1) is 0 Å². The third kappa shape index (κ3) is 3.38. The Morgan fingerprint density at radius 2 is 2.04 bits per heavy atom. The number of hydrogen-bond acceptors (Lipinski definition) is 4. The van der Waals surface area contributed by atoms with E-state index in [0.717, 1.165) is 5.69 Å². The maximum Gasteiger partial charge on any atom is 0.319 e. The van der Waals surface area contributed by atoms with Crippen molar-refractivity contribution in [1.29, 1.82) is 0 Å². The van der Waals surface area contributed by atoms with Crippen LogP contribution in [0.5, 0.6) is 0 Å². The zero-order valence-corrected chi connectivity index (χ0v) is 13.9. The first-order valence-corrected chi connectivity index (χ1v) is 7.65. The fraction of sp³-hybridized carbons (Fsp3) is 0.200. The summed E-state index contributed by atoms with van der Waals surface area (Å²) >= 11 is 6.07. The number of anilines is 1. The molecule has 124 valence electrons. The molecular formula is C15H16ClN7O. The number of rotatable bonds is 4. The summed E-state index contributed by atoms with van der Waals surface area (Å²) in [5.41, 5.74) is 1.41. The number of benzene rings is 1. The number of aryl methyl sites for hydroxylation is 1. The molecule has 2 N–H and O–H groups in total. The van der Waals surface area contributed by atoms with Crippen LogP contribution in [-0.2, 0) is 7.05 Å². The van der Waals surface area contributed by atoms with Crippen LogP contribution in [0.2, 0.25) is 5.02 Å². The number of carbonyl (C=O) groups is 1. The summed E-state index contributed by atoms with van der Waals surface area (Å²) in [5.74, 6) is 0.562. The Morgan fingerprint density at radius 1 is 1.29 bits per heavy atom. The van der Waals surface area contributed by atoms with Crippen LogP contribution in [0.15, 0.2) is 42.7 Å². The molecule has 24 heavy (non-hydrogen) atoms. The maximum absolute atomic E-state index is 12.3. The van der Waals surface area contributed by atoms with Gasteiger partial charge in [0.25, 0.3) is 0 Å². The normalized spacial score (nSPS) is 12.0. The van der Waals surface area contributed by atoms with E-state index in [4.69, 9.17) is 11.6 Å². The molecule has 0 bridgehead atoms. The molecule has 0 radical (unpaired) electrons. The van der Waals surface area contributed by atoms with Crippen LogP contribution in [0.25, 0.3) is 5.69 Å². The van der Waals surface area contributed by atoms with Gasteiger partial charge < -0.3 is 15.2 Å². The van der Waals surface area contributed by atoms with Crippen LogP contribution in [0.1, 0.15) is 18.8 Å². The van der Waals surface area contributed by atoms with Gasteiger partial charge in [-0.3, -0.25) is 0 Å². The number of amides is 2. The smallest absolute Gasteiger partial charge is 0.319 e. The van der Waals surface area contributed by atoms with Gasteiger partial charge >= 0.3 is 6.03 Å². The van der Waals surface area contributed by atoms with Crippen molar-refractivity contribution in [2.75, 3.05) is 5.32 Å². The molecule has 2 heterocycles. The number of halogens is 1. The van der Waals surface area contributed by atoms with E-state index in [1.165, 1.54) is 4.68 Å². The number of tetrazole rings is 1. The highest BCUT2D eigenvalue weighted by molar-refractivity contribution is 6.30. The molecule has 0 spiro atoms. The van der Waals surface area contributed by atoms with Crippen LogP contribution in [-0.4, -0.2) is 30.8 Å². The summed E-state index contributed by atoms with van der Waals surface area (Å²) in [6, 6.07) is 8.36. The van der Waals surface area contributed by atoms with Gasteiger partial charge in [0.15, 0.2) is 5.82 Å². The average molecular weight is 346 g/mol. The molecule has 9 heteroatoms. The number of urea groups is 1. The van der Waals surface area contributed by atoms with Gasteiger partial charge in [0, 0.05) is 24.5 Å². The highest BCUT2D eigenvalue weighted by Gasteiger charge is 2.16. The van der Waals surface area contributed by atoms with Gasteiger partial charge in [-0.05, 0) is 47.7 Å². The van der Waals surface area contributed by atoms with Crippen molar-refractivity contribution in [3.8, 4) is 5.69 Å². The van der Waals surface area contributed by atoms with Crippen molar-refractivity contribution in [3.63, 3.8) is 0 Å². The molecular weight excluding hydrogens is 330 g/mol. The first kappa shape index (κ1) is 16.0. The molecule has 1 aromatic carbocycles. The van der Waals surface area contributed by atoms with Gasteiger partial charge in [0.05, 0.1) is 17.4 Å². The Hall–Kier alpha value is -2.87. The molecule has 3 aromatic rings. The van der Waals surface area contributed by atoms with E-state index in [1.807, 2.05) is 29.1 Å². The molecule has 1 unspecified atom stereocenters. The Morgan fingerprint density at radius 3 is 2.71 bits per heavy atom. The topological polar surface area (TPSA) is 89.7 Å². The zero-order chi connectivity index (χ0) is 17.1. The fourth-order valence-electron chi connectivity index (χ4n) is 2.34. The molecule has 2 amide bonds. The fourth-order valence-corrected chi connectivity index (χ4v) is 2.51. The van der Waals surface area contributed by atoms with Crippen molar-refractivity contribution in [2.45, 2.75) is 13.0 Å². The number of hydrogen-bond donors (Lipinski definition) is 2. The Bertz CT molecular complexity index is 843. The maximum atomic E-state index is 12.3. The molecule has 1 atom stereocenters. The quantitative estimate of drug-likeness (QED) is 0.760. The lowest BCUT2D eigenvalue weighted by Gasteiger charge is -2.16. The monoisotopic (exact) mass is 345 g/mol. The van der Waals surface area contributed by atoms with Crippen LogP contribution < -0.4 is 10.6 Å². The average Bonchev–Trinajstić information content (AvgIpc) is 3.20. The third-order valence-corrected chi connectivity index (χ3v) is 3.71. The molecule has 0 saturated heterocycles. The lowest BCUT2D eigenvalue weighted by molar-refractivity contribution is 0.248. The van der Waals surface area contributed by atoms with Crippen molar-refractivity contribution in [1.82, 2.24) is 30.1 Å². The number of nitrogens with zero attached hydrogens (tertiary/aromatic N) is 5. The first-order chi connectivity index (χ1) is 11.5. The van der Waals surface area contributed by atoms with E-state index in [-0.39, 0.29) is 12.1 Å². The zero-order valence-electron chi connectivity index (χ0n) is 13.1. The van der Waals surface area contributed by atoms with Crippen LogP contribution in [0.4, 0.5) is 10.5 Å². The summed E-state index contributed by atoms with van der Waals surface area (Å²) in [6.07, 6.45) is 3.76. The van der Waals surface area contributed by atoms with Crippen molar-refractivity contribution < 1.29 is 4.79 Å². The van der Waals surface area contributed by atoms with Gasteiger partial charge in [-0.15, -0.1) is 5.10 Å². The third-order valence-electron chi connectivity index (χ3n) is 3.48. The van der Waals surface area contributed by atoms with E-state index >= 15 is 0 Å². The molecule has 0 aliphatic heterocycles. The molecule has 8 nitrogen and oxygen atoms in total. The molecule has 0 saturated carbocycles. The lowest BCUT2D eigenvalue weighted by atomic mass is 10.2. The molecule has 0 aliphatic carbocycles. The minimum atomic E-state index is -0.360. The summed E-state index contributed by atoms with van der Waals surface area (Å²) in [4.78, 5) is 12.3. The van der Waals surface area contributed by atoms with Crippen LogP contribution >= 0.6 is 11.6 Å². The van der Waals surface area contributed by atoms with E-state index in [2.05, 4.69) is 26.2 Å². The summed E-state index contributed by atoms with van der Waals surface area (Å²) in [7, 11) is 1.72. The summed E-state index contributed by atoms with van der Waals surface area (Å²) in [6.45, 7) is 1.81. The Kier molecular flexibility index (Phi) is 4.48. The second kappa shape index (κ2) is 6.71. The van der Waals surface area contributed by atoms with E-state index in [1.54, 1.807) is 32.2 Å². The van der Waals surface area contributed by atoms with Crippen molar-refractivity contribution in [3.05, 3.63) is 53.6 Å². The minimum Gasteiger partial charge on any atom is -0.328 e. The Balaban J connectivity index is 1.76. The highest BCUT2D eigenvalue weighted by atomic mass is 35.5. The molecule has 3 rings (SSSR count). The van der Waals surface area contributed by atoms with E-state index in [9.17, 15) is 4.79 Å². The second-order valence-corrected chi connectivity index (χ2v) is 5.67. The molecule has 0 aliphatic rings. The predicted octanol–water partition coefficient (Wildman–Crippen LogP) is 2.54. The van der Waals surface area contributed by atoms with Gasteiger partial charge in [0.1, 0.15) is 0 Å². The lowest BCUT2D eigenvalue weighted by Crippen LogP contribution is -2.32. The number of aromatic nitrogens is 5. The van der Waals surface area contributed by atoms with Crippen molar-refractivity contribution >= 4 is 23.3 Å². The minimum absolute atomic E-state index is 0.340. The largest absolute Gasteiger partial charge is 0.328 e. The first-order valence-electron chi connectivity index (χ1n) is 7.27. The summed E-state index contributed by atoms with van der Waals surface area (Å²) < 4.78 is 3.38.